The molecule has 0 radical (unpaired) electrons. The highest BCUT2D eigenvalue weighted by atomic mass is 31.1. The van der Waals surface area contributed by atoms with E-state index in [1.165, 1.54) is 0 Å². The van der Waals surface area contributed by atoms with Crippen molar-refractivity contribution in [3.8, 4) is 11.3 Å². The summed E-state index contributed by atoms with van der Waals surface area (Å²) in [4.78, 5) is 29.7. The van der Waals surface area contributed by atoms with E-state index in [-0.39, 0.29) is 5.97 Å². The monoisotopic (exact) mass is 418 g/mol. The maximum atomic E-state index is 12.0. The van der Waals surface area contributed by atoms with Crippen molar-refractivity contribution < 1.29 is 14.1 Å². The molecule has 1 aliphatic rings. The lowest BCUT2D eigenvalue weighted by Gasteiger charge is -2.04. The van der Waals surface area contributed by atoms with Crippen molar-refractivity contribution in [1.29, 1.82) is 0 Å². The van der Waals surface area contributed by atoms with E-state index in [1.54, 1.807) is 6.20 Å². The largest absolute Gasteiger partial charge is 0.461 e. The molecule has 1 aliphatic heterocycles. The molecule has 8 heteroatoms. The number of rotatable bonds is 6. The van der Waals surface area contributed by atoms with Crippen LogP contribution in [0.1, 0.15) is 12.0 Å². The van der Waals surface area contributed by atoms with Gasteiger partial charge in [0.2, 0.25) is 0 Å². The summed E-state index contributed by atoms with van der Waals surface area (Å²) in [5.41, 5.74) is 2.64. The van der Waals surface area contributed by atoms with Crippen LogP contribution >= 0.6 is 7.92 Å². The number of aryl methyl sites for hydroxylation is 1. The smallest absolute Gasteiger partial charge is 0.312 e. The molecule has 0 spiro atoms. The first-order valence-electron chi connectivity index (χ1n) is 9.54. The number of pyridine rings is 1. The standard InChI is InChI=1S/C22H21N5O2P/c1-30-15-24-21-22(25-16-30)26-19(13-23-21)18-7-10-27(11-8-18)12-9-20(28)29-14-17-5-3-2-4-6-17/h2-8,10-11,13,15-16H,9,12,14H2,1H3/q+1. The van der Waals surface area contributed by atoms with E-state index < -0.39 is 7.92 Å². The highest BCUT2D eigenvalue weighted by Gasteiger charge is 2.12. The summed E-state index contributed by atoms with van der Waals surface area (Å²) in [7, 11) is -0.463. The molecule has 1 atom stereocenters. The predicted molar refractivity (Wildman–Crippen MR) is 118 cm³/mol. The average molecular weight is 418 g/mol. The van der Waals surface area contributed by atoms with Gasteiger partial charge in [-0.1, -0.05) is 30.3 Å². The molecule has 0 aliphatic carbocycles. The number of hydrogen-bond acceptors (Lipinski definition) is 6. The SMILES string of the molecule is CP1C=Nc2ncc(-c3cc[n+](CCC(=O)OCc4ccccc4)cc3)nc2N=C1. The first-order chi connectivity index (χ1) is 14.7. The molecule has 150 valence electrons. The number of fused-ring (bicyclic) bond motifs is 1. The van der Waals surface area contributed by atoms with Gasteiger partial charge in [-0.05, 0) is 20.1 Å². The molecule has 0 saturated carbocycles. The molecule has 30 heavy (non-hydrogen) atoms. The Bertz CT molecular complexity index is 1080. The Morgan fingerprint density at radius 1 is 1.03 bits per heavy atom. The van der Waals surface area contributed by atoms with Gasteiger partial charge < -0.3 is 4.74 Å². The molecule has 0 N–H and O–H groups in total. The molecule has 0 amide bonds. The summed E-state index contributed by atoms with van der Waals surface area (Å²) in [5, 5.41) is 0. The third-order valence-electron chi connectivity index (χ3n) is 4.46. The maximum Gasteiger partial charge on any atom is 0.312 e. The lowest BCUT2D eigenvalue weighted by molar-refractivity contribution is -0.695. The Labute approximate surface area is 176 Å². The van der Waals surface area contributed by atoms with E-state index in [0.29, 0.717) is 31.2 Å². The van der Waals surface area contributed by atoms with Gasteiger partial charge >= 0.3 is 5.97 Å². The zero-order chi connectivity index (χ0) is 20.8. The van der Waals surface area contributed by atoms with Crippen molar-refractivity contribution in [3.63, 3.8) is 0 Å². The van der Waals surface area contributed by atoms with Gasteiger partial charge in [0, 0.05) is 29.6 Å². The second kappa shape index (κ2) is 9.46. The second-order valence-corrected chi connectivity index (χ2v) is 8.57. The van der Waals surface area contributed by atoms with Crippen molar-refractivity contribution in [2.24, 2.45) is 9.98 Å². The van der Waals surface area contributed by atoms with Crippen LogP contribution in [-0.2, 0) is 22.7 Å². The summed E-state index contributed by atoms with van der Waals surface area (Å²) in [6.07, 6.45) is 5.84. The van der Waals surface area contributed by atoms with Crippen LogP contribution in [0.15, 0.2) is 71.0 Å². The van der Waals surface area contributed by atoms with Crippen LogP contribution in [-0.4, -0.2) is 34.5 Å². The summed E-state index contributed by atoms with van der Waals surface area (Å²) in [6.45, 7) is 2.91. The zero-order valence-corrected chi connectivity index (χ0v) is 17.4. The van der Waals surface area contributed by atoms with Gasteiger partial charge in [0.15, 0.2) is 30.6 Å². The molecule has 4 rings (SSSR count). The highest BCUT2D eigenvalue weighted by Crippen LogP contribution is 2.34. The van der Waals surface area contributed by atoms with Gasteiger partial charge in [-0.25, -0.2) is 24.5 Å². The third kappa shape index (κ3) is 5.19. The van der Waals surface area contributed by atoms with Crippen molar-refractivity contribution in [1.82, 2.24) is 9.97 Å². The van der Waals surface area contributed by atoms with E-state index >= 15 is 0 Å². The zero-order valence-electron chi connectivity index (χ0n) is 16.5. The molecule has 0 fully saturated rings. The first kappa shape index (κ1) is 20.0. The molecule has 0 saturated heterocycles. The molecular formula is C22H21N5O2P+. The Balaban J connectivity index is 1.35. The van der Waals surface area contributed by atoms with Crippen LogP contribution in [0.3, 0.4) is 0 Å². The number of carbonyl (C=O) groups excluding carboxylic acids is 1. The fraction of sp³-hybridized carbons (Fsp3) is 0.182. The van der Waals surface area contributed by atoms with Crippen LogP contribution in [0.2, 0.25) is 0 Å². The van der Waals surface area contributed by atoms with Gasteiger partial charge in [0.25, 0.3) is 0 Å². The maximum absolute atomic E-state index is 12.0. The Morgan fingerprint density at radius 2 is 1.77 bits per heavy atom. The molecule has 1 unspecified atom stereocenters. The minimum atomic E-state index is -0.463. The van der Waals surface area contributed by atoms with Gasteiger partial charge in [0.05, 0.1) is 11.9 Å². The quantitative estimate of drug-likeness (QED) is 0.344. The first-order valence-corrected chi connectivity index (χ1v) is 11.5. The van der Waals surface area contributed by atoms with Crippen molar-refractivity contribution >= 4 is 37.4 Å². The second-order valence-electron chi connectivity index (χ2n) is 6.78. The number of aliphatic imine (C=N–C) groups is 2. The van der Waals surface area contributed by atoms with Crippen LogP contribution in [0.5, 0.6) is 0 Å². The van der Waals surface area contributed by atoms with E-state index in [0.717, 1.165) is 16.8 Å². The van der Waals surface area contributed by atoms with E-state index in [2.05, 4.69) is 26.6 Å². The number of aromatic nitrogens is 3. The van der Waals surface area contributed by atoms with E-state index in [9.17, 15) is 4.79 Å². The van der Waals surface area contributed by atoms with Crippen LogP contribution < -0.4 is 4.57 Å². The molecule has 3 heterocycles. The van der Waals surface area contributed by atoms with Gasteiger partial charge in [-0.15, -0.1) is 0 Å². The number of carbonyl (C=O) groups is 1. The number of hydrogen-bond donors (Lipinski definition) is 0. The number of esters is 1. The predicted octanol–water partition coefficient (Wildman–Crippen LogP) is 4.01. The average Bonchev–Trinajstić information content (AvgIpc) is 2.98. The minimum Gasteiger partial charge on any atom is -0.461 e. The summed E-state index contributed by atoms with van der Waals surface area (Å²) < 4.78 is 7.26. The number of ether oxygens (including phenoxy) is 1. The summed E-state index contributed by atoms with van der Waals surface area (Å²) >= 11 is 0. The number of benzene rings is 1. The normalized spacial score (nSPS) is 14.8. The van der Waals surface area contributed by atoms with Crippen LogP contribution in [0.4, 0.5) is 11.6 Å². The Morgan fingerprint density at radius 3 is 2.53 bits per heavy atom. The van der Waals surface area contributed by atoms with E-state index in [4.69, 9.17) is 4.74 Å². The van der Waals surface area contributed by atoms with Crippen molar-refractivity contribution in [2.45, 2.75) is 19.6 Å². The Hall–Kier alpha value is -3.31. The van der Waals surface area contributed by atoms with Crippen molar-refractivity contribution in [3.05, 3.63) is 66.6 Å². The minimum absolute atomic E-state index is 0.221. The number of nitrogens with zero attached hydrogens (tertiary/aromatic N) is 5. The van der Waals surface area contributed by atoms with Crippen molar-refractivity contribution in [2.75, 3.05) is 6.66 Å². The molecule has 0 bridgehead atoms. The fourth-order valence-corrected chi connectivity index (χ4v) is 3.46. The van der Waals surface area contributed by atoms with Gasteiger partial charge in [0.1, 0.15) is 13.0 Å². The Kier molecular flexibility index (Phi) is 6.30. The molecule has 2 aromatic heterocycles. The lowest BCUT2D eigenvalue weighted by atomic mass is 10.2. The molecular weight excluding hydrogens is 397 g/mol. The molecule has 1 aromatic carbocycles. The lowest BCUT2D eigenvalue weighted by Crippen LogP contribution is -2.34. The summed E-state index contributed by atoms with van der Waals surface area (Å²) in [5.74, 6) is 4.60. The van der Waals surface area contributed by atoms with Crippen LogP contribution in [0, 0.1) is 0 Å². The van der Waals surface area contributed by atoms with Gasteiger partial charge in [-0.3, -0.25) is 4.79 Å². The van der Waals surface area contributed by atoms with Gasteiger partial charge in [-0.2, -0.15) is 0 Å². The third-order valence-corrected chi connectivity index (χ3v) is 5.42. The fourth-order valence-electron chi connectivity index (χ4n) is 2.82. The molecule has 3 aromatic rings. The highest BCUT2D eigenvalue weighted by molar-refractivity contribution is 7.85. The van der Waals surface area contributed by atoms with E-state index in [1.807, 2.05) is 71.3 Å². The molecule has 7 nitrogen and oxygen atoms in total. The summed E-state index contributed by atoms with van der Waals surface area (Å²) in [6, 6.07) is 13.6. The van der Waals surface area contributed by atoms with Crippen LogP contribution in [0.25, 0.3) is 11.3 Å². The topological polar surface area (TPSA) is 80.7 Å².